The Balaban J connectivity index is 2.57. The zero-order valence-corrected chi connectivity index (χ0v) is 5.30. The van der Waals surface area contributed by atoms with Gasteiger partial charge < -0.3 is 9.63 Å². The van der Waals surface area contributed by atoms with Gasteiger partial charge >= 0.3 is 7.60 Å². The smallest absolute Gasteiger partial charge is 0.330 e. The zero-order valence-electron chi connectivity index (χ0n) is 4.40. The van der Waals surface area contributed by atoms with Gasteiger partial charge in [0.1, 0.15) is 6.61 Å². The average Bonchev–Trinajstić information content (AvgIpc) is 1.82. The molecule has 0 aromatic carbocycles. The van der Waals surface area contributed by atoms with Gasteiger partial charge in [0.05, 0.1) is 0 Å². The van der Waals surface area contributed by atoms with Crippen LogP contribution in [0.5, 0.6) is 0 Å². The largest absolute Gasteiger partial charge is 0.366 e. The SMILES string of the molecule is CP1(=O)OCC(O)O1. The van der Waals surface area contributed by atoms with Crippen molar-refractivity contribution in [2.45, 2.75) is 6.29 Å². The molecule has 8 heavy (non-hydrogen) atoms. The summed E-state index contributed by atoms with van der Waals surface area (Å²) >= 11 is 0. The molecule has 0 saturated carbocycles. The van der Waals surface area contributed by atoms with Crippen LogP contribution in [0.3, 0.4) is 0 Å². The van der Waals surface area contributed by atoms with E-state index in [0.717, 1.165) is 0 Å². The molecule has 2 atom stereocenters. The average molecular weight is 138 g/mol. The van der Waals surface area contributed by atoms with Crippen LogP contribution in [0.4, 0.5) is 0 Å². The van der Waals surface area contributed by atoms with Gasteiger partial charge in [-0.15, -0.1) is 0 Å². The second-order valence-corrected chi connectivity index (χ2v) is 3.64. The highest BCUT2D eigenvalue weighted by Crippen LogP contribution is 2.49. The molecule has 1 heterocycles. The molecular formula is C3H7O4P. The predicted molar refractivity (Wildman–Crippen MR) is 26.6 cm³/mol. The van der Waals surface area contributed by atoms with Gasteiger partial charge in [0, 0.05) is 6.66 Å². The molecule has 1 aliphatic rings. The van der Waals surface area contributed by atoms with E-state index in [4.69, 9.17) is 5.11 Å². The first-order valence-electron chi connectivity index (χ1n) is 2.19. The highest BCUT2D eigenvalue weighted by molar-refractivity contribution is 7.53. The van der Waals surface area contributed by atoms with E-state index in [1.54, 1.807) is 0 Å². The highest BCUT2D eigenvalue weighted by Gasteiger charge is 2.30. The van der Waals surface area contributed by atoms with Crippen LogP contribution < -0.4 is 0 Å². The number of hydrogen-bond donors (Lipinski definition) is 1. The molecule has 0 amide bonds. The van der Waals surface area contributed by atoms with Crippen molar-refractivity contribution in [1.82, 2.24) is 0 Å². The molecular weight excluding hydrogens is 131 g/mol. The molecule has 0 bridgehead atoms. The third-order valence-electron chi connectivity index (χ3n) is 0.765. The van der Waals surface area contributed by atoms with Crippen molar-refractivity contribution in [3.63, 3.8) is 0 Å². The normalized spacial score (nSPS) is 47.5. The molecule has 0 aromatic rings. The van der Waals surface area contributed by atoms with Crippen LogP contribution in [0, 0.1) is 0 Å². The summed E-state index contributed by atoms with van der Waals surface area (Å²) in [5.74, 6) is 0. The summed E-state index contributed by atoms with van der Waals surface area (Å²) in [5, 5.41) is 8.55. The maximum atomic E-state index is 10.6. The Morgan fingerprint density at radius 2 is 2.50 bits per heavy atom. The topological polar surface area (TPSA) is 55.8 Å². The van der Waals surface area contributed by atoms with Gasteiger partial charge in [-0.2, -0.15) is 0 Å². The Bertz CT molecular complexity index is 133. The number of rotatable bonds is 0. The lowest BCUT2D eigenvalue weighted by molar-refractivity contribution is 0.000978. The van der Waals surface area contributed by atoms with Gasteiger partial charge in [-0.05, 0) is 0 Å². The van der Waals surface area contributed by atoms with E-state index in [-0.39, 0.29) is 6.61 Å². The fourth-order valence-electron chi connectivity index (χ4n) is 0.481. The minimum absolute atomic E-state index is 0.0216. The minimum Gasteiger partial charge on any atom is -0.366 e. The molecule has 5 heteroatoms. The van der Waals surface area contributed by atoms with Crippen LogP contribution in [0.25, 0.3) is 0 Å². The lowest BCUT2D eigenvalue weighted by atomic mass is 10.7. The molecule has 48 valence electrons. The number of hydrogen-bond acceptors (Lipinski definition) is 4. The van der Waals surface area contributed by atoms with Gasteiger partial charge in [0.2, 0.25) is 0 Å². The third-order valence-corrected chi connectivity index (χ3v) is 2.01. The van der Waals surface area contributed by atoms with Crippen molar-refractivity contribution in [3.05, 3.63) is 0 Å². The van der Waals surface area contributed by atoms with E-state index in [0.29, 0.717) is 0 Å². The van der Waals surface area contributed by atoms with Gasteiger partial charge in [0.25, 0.3) is 0 Å². The van der Waals surface area contributed by atoms with Crippen LogP contribution in [0.1, 0.15) is 0 Å². The van der Waals surface area contributed by atoms with Crippen molar-refractivity contribution in [1.29, 1.82) is 0 Å². The standard InChI is InChI=1S/C3H7O4P/c1-8(5)6-2-3(4)7-8/h3-4H,2H2,1H3. The maximum Gasteiger partial charge on any atom is 0.330 e. The Kier molecular flexibility index (Phi) is 1.41. The molecule has 1 saturated heterocycles. The first-order chi connectivity index (χ1) is 3.60. The van der Waals surface area contributed by atoms with E-state index in [1.807, 2.05) is 0 Å². The van der Waals surface area contributed by atoms with E-state index in [9.17, 15) is 4.57 Å². The molecule has 1 fully saturated rings. The van der Waals surface area contributed by atoms with Gasteiger partial charge in [0.15, 0.2) is 6.29 Å². The number of aliphatic hydroxyl groups excluding tert-OH is 1. The summed E-state index contributed by atoms with van der Waals surface area (Å²) in [7, 11) is -2.85. The lowest BCUT2D eigenvalue weighted by Crippen LogP contribution is -2.05. The summed E-state index contributed by atoms with van der Waals surface area (Å²) in [5.41, 5.74) is 0. The van der Waals surface area contributed by atoms with E-state index in [2.05, 4.69) is 9.05 Å². The fourth-order valence-corrected chi connectivity index (χ4v) is 1.44. The Labute approximate surface area is 46.9 Å². The van der Waals surface area contributed by atoms with Crippen LogP contribution in [0.2, 0.25) is 0 Å². The summed E-state index contributed by atoms with van der Waals surface area (Å²) in [6, 6.07) is 0. The first kappa shape index (κ1) is 6.23. The number of aliphatic hydroxyl groups is 1. The fraction of sp³-hybridized carbons (Fsp3) is 1.00. The monoisotopic (exact) mass is 138 g/mol. The van der Waals surface area contributed by atoms with Gasteiger partial charge in [-0.1, -0.05) is 0 Å². The third kappa shape index (κ3) is 1.29. The second-order valence-electron chi connectivity index (χ2n) is 1.63. The van der Waals surface area contributed by atoms with Crippen molar-refractivity contribution in [2.75, 3.05) is 13.3 Å². The molecule has 0 radical (unpaired) electrons. The van der Waals surface area contributed by atoms with Crippen LogP contribution >= 0.6 is 7.60 Å². The molecule has 2 unspecified atom stereocenters. The molecule has 1 N–H and O–H groups in total. The highest BCUT2D eigenvalue weighted by atomic mass is 31.2. The predicted octanol–water partition coefficient (Wildman–Crippen LogP) is 0.174. The van der Waals surface area contributed by atoms with Crippen molar-refractivity contribution in [3.8, 4) is 0 Å². The molecule has 1 rings (SSSR count). The van der Waals surface area contributed by atoms with Gasteiger partial charge in [-0.3, -0.25) is 9.09 Å². The van der Waals surface area contributed by atoms with Crippen molar-refractivity contribution < 1.29 is 18.7 Å². The van der Waals surface area contributed by atoms with Crippen molar-refractivity contribution in [2.24, 2.45) is 0 Å². The summed E-state index contributed by atoms with van der Waals surface area (Å²) in [6.45, 7) is 1.34. The van der Waals surface area contributed by atoms with E-state index < -0.39 is 13.9 Å². The minimum atomic E-state index is -2.85. The Morgan fingerprint density at radius 3 is 2.62 bits per heavy atom. The van der Waals surface area contributed by atoms with Crippen LogP contribution in [-0.2, 0) is 13.6 Å². The molecule has 0 aromatic heterocycles. The molecule has 4 nitrogen and oxygen atoms in total. The molecule has 0 aliphatic carbocycles. The summed E-state index contributed by atoms with van der Waals surface area (Å²) in [4.78, 5) is 0. The van der Waals surface area contributed by atoms with E-state index >= 15 is 0 Å². The quantitative estimate of drug-likeness (QED) is 0.485. The Morgan fingerprint density at radius 1 is 1.88 bits per heavy atom. The van der Waals surface area contributed by atoms with E-state index in [1.165, 1.54) is 6.66 Å². The first-order valence-corrected chi connectivity index (χ1v) is 4.18. The summed E-state index contributed by atoms with van der Waals surface area (Å²) < 4.78 is 19.6. The lowest BCUT2D eigenvalue weighted by Gasteiger charge is -1.98. The molecule has 1 aliphatic heterocycles. The van der Waals surface area contributed by atoms with Gasteiger partial charge in [-0.25, -0.2) is 0 Å². The van der Waals surface area contributed by atoms with Crippen LogP contribution in [-0.4, -0.2) is 24.7 Å². The maximum absolute atomic E-state index is 10.6. The summed E-state index contributed by atoms with van der Waals surface area (Å²) in [6.07, 6.45) is -0.995. The second kappa shape index (κ2) is 1.81. The van der Waals surface area contributed by atoms with Crippen molar-refractivity contribution >= 4 is 7.60 Å². The zero-order chi connectivity index (χ0) is 6.20. The van der Waals surface area contributed by atoms with Crippen LogP contribution in [0.15, 0.2) is 0 Å². The Hall–Kier alpha value is 0.110. The molecule has 0 spiro atoms.